The zero-order valence-corrected chi connectivity index (χ0v) is 13.1. The van der Waals surface area contributed by atoms with Crippen LogP contribution in [0.1, 0.15) is 24.2 Å². The molecule has 0 unspecified atom stereocenters. The topological polar surface area (TPSA) is 61.8 Å². The van der Waals surface area contributed by atoms with Gasteiger partial charge in [0, 0.05) is 5.56 Å². The van der Waals surface area contributed by atoms with Crippen LogP contribution in [0.5, 0.6) is 17.2 Å². The Kier molecular flexibility index (Phi) is 5.74. The van der Waals surface area contributed by atoms with E-state index in [1.807, 2.05) is 6.92 Å². The van der Waals surface area contributed by atoms with Crippen LogP contribution in [0.25, 0.3) is 0 Å². The lowest BCUT2D eigenvalue weighted by molar-refractivity contribution is -0.136. The number of benzene rings is 2. The third kappa shape index (κ3) is 4.85. The molecule has 0 radical (unpaired) electrons. The molecule has 0 heterocycles. The van der Waals surface area contributed by atoms with Crippen LogP contribution in [0, 0.1) is 0 Å². The van der Waals surface area contributed by atoms with Gasteiger partial charge in [-0.05, 0) is 38.1 Å². The van der Waals surface area contributed by atoms with E-state index in [0.717, 1.165) is 0 Å². The molecule has 5 nitrogen and oxygen atoms in total. The molecule has 0 amide bonds. The quantitative estimate of drug-likeness (QED) is 0.446. The van der Waals surface area contributed by atoms with Crippen molar-refractivity contribution in [2.45, 2.75) is 13.8 Å². The number of para-hydroxylation sites is 2. The summed E-state index contributed by atoms with van der Waals surface area (Å²) in [4.78, 5) is 23.2. The first-order chi connectivity index (χ1) is 11.1. The fourth-order valence-corrected chi connectivity index (χ4v) is 1.91. The van der Waals surface area contributed by atoms with Crippen LogP contribution >= 0.6 is 0 Å². The maximum atomic E-state index is 11.9. The predicted octanol–water partition coefficient (Wildman–Crippen LogP) is 3.27. The number of esters is 1. The van der Waals surface area contributed by atoms with Crippen LogP contribution in [0.15, 0.2) is 48.5 Å². The maximum Gasteiger partial charge on any atom is 0.349 e. The molecule has 0 N–H and O–H groups in total. The largest absolute Gasteiger partial charge is 0.490 e. The first kappa shape index (κ1) is 16.5. The zero-order chi connectivity index (χ0) is 16.7. The highest BCUT2D eigenvalue weighted by Gasteiger charge is 2.11. The first-order valence-electron chi connectivity index (χ1n) is 7.26. The minimum atomic E-state index is -0.551. The van der Waals surface area contributed by atoms with E-state index >= 15 is 0 Å². The third-order valence-corrected chi connectivity index (χ3v) is 2.97. The summed E-state index contributed by atoms with van der Waals surface area (Å²) >= 11 is 0. The van der Waals surface area contributed by atoms with E-state index in [1.54, 1.807) is 48.5 Å². The molecule has 5 heteroatoms. The number of rotatable bonds is 7. The summed E-state index contributed by atoms with van der Waals surface area (Å²) in [5.74, 6) is 0.671. The van der Waals surface area contributed by atoms with E-state index < -0.39 is 5.97 Å². The number of carbonyl (C=O) groups is 2. The summed E-state index contributed by atoms with van der Waals surface area (Å²) in [6.45, 7) is 3.53. The van der Waals surface area contributed by atoms with Crippen molar-refractivity contribution in [3.63, 3.8) is 0 Å². The SMILES string of the molecule is CCOc1ccccc1OC(=O)COc1cccc(C(C)=O)c1. The lowest BCUT2D eigenvalue weighted by atomic mass is 10.1. The molecule has 0 saturated carbocycles. The smallest absolute Gasteiger partial charge is 0.349 e. The van der Waals surface area contributed by atoms with Gasteiger partial charge in [0.1, 0.15) is 5.75 Å². The Labute approximate surface area is 134 Å². The van der Waals surface area contributed by atoms with Crippen LogP contribution < -0.4 is 14.2 Å². The van der Waals surface area contributed by atoms with Crippen molar-refractivity contribution in [1.82, 2.24) is 0 Å². The monoisotopic (exact) mass is 314 g/mol. The maximum absolute atomic E-state index is 11.9. The molecule has 2 aromatic carbocycles. The Morgan fingerprint density at radius 3 is 2.39 bits per heavy atom. The summed E-state index contributed by atoms with van der Waals surface area (Å²) in [5, 5.41) is 0. The van der Waals surface area contributed by atoms with E-state index in [-0.39, 0.29) is 12.4 Å². The molecule has 120 valence electrons. The summed E-state index contributed by atoms with van der Waals surface area (Å²) in [6.07, 6.45) is 0. The van der Waals surface area contributed by atoms with E-state index in [0.29, 0.717) is 29.4 Å². The molecule has 2 rings (SSSR count). The van der Waals surface area contributed by atoms with Gasteiger partial charge in [-0.3, -0.25) is 4.79 Å². The predicted molar refractivity (Wildman–Crippen MR) is 85.2 cm³/mol. The number of ketones is 1. The van der Waals surface area contributed by atoms with Crippen LogP contribution in [-0.2, 0) is 4.79 Å². The zero-order valence-electron chi connectivity index (χ0n) is 13.1. The normalized spacial score (nSPS) is 10.0. The summed E-state index contributed by atoms with van der Waals surface area (Å²) in [5.41, 5.74) is 0.526. The van der Waals surface area contributed by atoms with Crippen molar-refractivity contribution in [1.29, 1.82) is 0 Å². The van der Waals surface area contributed by atoms with Gasteiger partial charge < -0.3 is 14.2 Å². The molecule has 0 fully saturated rings. The molecular formula is C18H18O5. The second kappa shape index (κ2) is 7.98. The van der Waals surface area contributed by atoms with E-state index in [9.17, 15) is 9.59 Å². The average Bonchev–Trinajstić information content (AvgIpc) is 2.55. The van der Waals surface area contributed by atoms with Crippen molar-refractivity contribution in [2.24, 2.45) is 0 Å². The summed E-state index contributed by atoms with van der Waals surface area (Å²) < 4.78 is 16.0. The van der Waals surface area contributed by atoms with Gasteiger partial charge in [-0.25, -0.2) is 4.79 Å². The van der Waals surface area contributed by atoms with E-state index in [1.165, 1.54) is 6.92 Å². The van der Waals surface area contributed by atoms with Gasteiger partial charge in [0.15, 0.2) is 23.9 Å². The Bertz CT molecular complexity index is 693. The van der Waals surface area contributed by atoms with Gasteiger partial charge in [-0.1, -0.05) is 24.3 Å². The molecule has 2 aromatic rings. The van der Waals surface area contributed by atoms with Crippen molar-refractivity contribution in [3.05, 3.63) is 54.1 Å². The average molecular weight is 314 g/mol. The molecular weight excluding hydrogens is 296 g/mol. The van der Waals surface area contributed by atoms with Crippen LogP contribution in [0.4, 0.5) is 0 Å². The number of Topliss-reactive ketones (excluding diaryl/α,β-unsaturated/α-hetero) is 1. The third-order valence-electron chi connectivity index (χ3n) is 2.97. The van der Waals surface area contributed by atoms with Crippen molar-refractivity contribution >= 4 is 11.8 Å². The lowest BCUT2D eigenvalue weighted by Gasteiger charge is -2.11. The second-order valence-corrected chi connectivity index (χ2v) is 4.73. The van der Waals surface area contributed by atoms with Crippen molar-refractivity contribution in [2.75, 3.05) is 13.2 Å². The fraction of sp³-hybridized carbons (Fsp3) is 0.222. The highest BCUT2D eigenvalue weighted by molar-refractivity contribution is 5.94. The van der Waals surface area contributed by atoms with Gasteiger partial charge >= 0.3 is 5.97 Å². The highest BCUT2D eigenvalue weighted by Crippen LogP contribution is 2.26. The Morgan fingerprint density at radius 2 is 1.70 bits per heavy atom. The molecule has 23 heavy (non-hydrogen) atoms. The van der Waals surface area contributed by atoms with Gasteiger partial charge in [0.05, 0.1) is 6.61 Å². The molecule has 0 aliphatic heterocycles. The summed E-state index contributed by atoms with van der Waals surface area (Å²) in [6, 6.07) is 13.6. The fourth-order valence-electron chi connectivity index (χ4n) is 1.91. The number of carbonyl (C=O) groups excluding carboxylic acids is 2. The highest BCUT2D eigenvalue weighted by atomic mass is 16.6. The second-order valence-electron chi connectivity index (χ2n) is 4.73. The molecule has 0 saturated heterocycles. The molecule has 0 bridgehead atoms. The van der Waals surface area contributed by atoms with E-state index in [4.69, 9.17) is 14.2 Å². The Morgan fingerprint density at radius 1 is 0.957 bits per heavy atom. The number of hydrogen-bond acceptors (Lipinski definition) is 5. The molecule has 0 atom stereocenters. The van der Waals surface area contributed by atoms with Gasteiger partial charge in [-0.2, -0.15) is 0 Å². The minimum Gasteiger partial charge on any atom is -0.490 e. The molecule has 0 aromatic heterocycles. The molecule has 0 aliphatic rings. The number of ether oxygens (including phenoxy) is 3. The number of hydrogen-bond donors (Lipinski definition) is 0. The van der Waals surface area contributed by atoms with Crippen molar-refractivity contribution < 1.29 is 23.8 Å². The summed E-state index contributed by atoms with van der Waals surface area (Å²) in [7, 11) is 0. The van der Waals surface area contributed by atoms with Crippen LogP contribution in [0.2, 0.25) is 0 Å². The minimum absolute atomic E-state index is 0.0660. The lowest BCUT2D eigenvalue weighted by Crippen LogP contribution is -2.18. The molecule has 0 spiro atoms. The van der Waals surface area contributed by atoms with Crippen molar-refractivity contribution in [3.8, 4) is 17.2 Å². The Hall–Kier alpha value is -2.82. The first-order valence-corrected chi connectivity index (χ1v) is 7.26. The van der Waals surface area contributed by atoms with Crippen LogP contribution in [0.3, 0.4) is 0 Å². The Balaban J connectivity index is 1.95. The van der Waals surface area contributed by atoms with E-state index in [2.05, 4.69) is 0 Å². The standard InChI is InChI=1S/C18H18O5/c1-3-21-16-9-4-5-10-17(16)23-18(20)12-22-15-8-6-7-14(11-15)13(2)19/h4-11H,3,12H2,1-2H3. The van der Waals surface area contributed by atoms with Crippen LogP contribution in [-0.4, -0.2) is 25.0 Å². The molecule has 0 aliphatic carbocycles. The van der Waals surface area contributed by atoms with Gasteiger partial charge in [0.2, 0.25) is 0 Å². The van der Waals surface area contributed by atoms with Gasteiger partial charge in [-0.15, -0.1) is 0 Å². The van der Waals surface area contributed by atoms with Gasteiger partial charge in [0.25, 0.3) is 0 Å².